The van der Waals surface area contributed by atoms with Crippen LogP contribution < -0.4 is 15.2 Å². The Morgan fingerprint density at radius 2 is 2.25 bits per heavy atom. The number of thiophene rings is 1. The van der Waals surface area contributed by atoms with Gasteiger partial charge < -0.3 is 15.2 Å². The lowest BCUT2D eigenvalue weighted by Crippen LogP contribution is -2.07. The fourth-order valence-electron chi connectivity index (χ4n) is 1.79. The summed E-state index contributed by atoms with van der Waals surface area (Å²) in [6, 6.07) is 8.47. The molecule has 122 valence electrons. The van der Waals surface area contributed by atoms with Gasteiger partial charge in [0, 0.05) is 0 Å². The van der Waals surface area contributed by atoms with Gasteiger partial charge in [-0.25, -0.2) is 4.79 Å². The van der Waals surface area contributed by atoms with Gasteiger partial charge in [-0.2, -0.15) is 5.10 Å². The highest BCUT2D eigenvalue weighted by atomic mass is 32.1. The normalized spacial score (nSPS) is 10.9. The molecule has 3 rings (SSSR count). The summed E-state index contributed by atoms with van der Waals surface area (Å²) in [6.07, 6.45) is 1.50. The smallest absolute Gasteiger partial charge is 0.353 e. The number of ether oxygens (including phenoxy) is 2. The lowest BCUT2D eigenvalue weighted by atomic mass is 10.2. The summed E-state index contributed by atoms with van der Waals surface area (Å²) in [5.74, 6) is 0.342. The minimum atomic E-state index is -0.439. The SMILES string of the molecule is COc1cc(C=Nn2nnnc2N)ccc1OC(=O)c1cccs1. The van der Waals surface area contributed by atoms with Crippen LogP contribution in [0.2, 0.25) is 0 Å². The number of methoxy groups -OCH3 is 1. The molecular formula is C14H12N6O3S. The zero-order valence-corrected chi connectivity index (χ0v) is 13.3. The molecule has 0 fully saturated rings. The Kier molecular flexibility index (Phi) is 4.47. The van der Waals surface area contributed by atoms with Crippen molar-refractivity contribution in [3.05, 3.63) is 46.2 Å². The number of tetrazole rings is 1. The first-order valence-corrected chi connectivity index (χ1v) is 7.57. The molecule has 3 aromatic rings. The average Bonchev–Trinajstić information content (AvgIpc) is 3.25. The minimum absolute atomic E-state index is 0.0692. The van der Waals surface area contributed by atoms with Crippen LogP contribution in [0.4, 0.5) is 5.95 Å². The first-order chi connectivity index (χ1) is 11.7. The fourth-order valence-corrected chi connectivity index (χ4v) is 2.39. The van der Waals surface area contributed by atoms with Gasteiger partial charge in [-0.15, -0.1) is 11.3 Å². The van der Waals surface area contributed by atoms with E-state index in [2.05, 4.69) is 20.6 Å². The van der Waals surface area contributed by atoms with Gasteiger partial charge in [0.2, 0.25) is 0 Å². The molecular weight excluding hydrogens is 332 g/mol. The molecule has 1 aromatic carbocycles. The van der Waals surface area contributed by atoms with Crippen molar-refractivity contribution >= 4 is 29.5 Å². The van der Waals surface area contributed by atoms with Crippen LogP contribution in [0.5, 0.6) is 11.5 Å². The Labute approximate surface area is 140 Å². The third-order valence-electron chi connectivity index (χ3n) is 2.91. The molecule has 0 aliphatic rings. The fraction of sp³-hybridized carbons (Fsp3) is 0.0714. The van der Waals surface area contributed by atoms with E-state index in [1.54, 1.807) is 35.7 Å². The quantitative estimate of drug-likeness (QED) is 0.422. The van der Waals surface area contributed by atoms with E-state index in [1.807, 2.05) is 0 Å². The van der Waals surface area contributed by atoms with Crippen LogP contribution >= 0.6 is 11.3 Å². The lowest BCUT2D eigenvalue weighted by Gasteiger charge is -2.09. The van der Waals surface area contributed by atoms with E-state index in [0.29, 0.717) is 21.9 Å². The van der Waals surface area contributed by atoms with Crippen molar-refractivity contribution in [1.29, 1.82) is 0 Å². The highest BCUT2D eigenvalue weighted by molar-refractivity contribution is 7.12. The van der Waals surface area contributed by atoms with Gasteiger partial charge in [-0.05, 0) is 45.6 Å². The first-order valence-electron chi connectivity index (χ1n) is 6.69. The molecule has 9 nitrogen and oxygen atoms in total. The standard InChI is InChI=1S/C14H12N6O3S/c1-22-11-7-9(8-16-20-14(15)17-18-19-20)4-5-10(11)23-13(21)12-3-2-6-24-12/h2-8H,1H3,(H2,15,17,19). The largest absolute Gasteiger partial charge is 0.493 e. The second-order valence-corrected chi connectivity index (χ2v) is 5.40. The van der Waals surface area contributed by atoms with Crippen molar-refractivity contribution in [3.63, 3.8) is 0 Å². The second-order valence-electron chi connectivity index (χ2n) is 4.45. The number of benzene rings is 1. The predicted molar refractivity (Wildman–Crippen MR) is 87.5 cm³/mol. The Morgan fingerprint density at radius 3 is 2.92 bits per heavy atom. The Morgan fingerprint density at radius 1 is 1.38 bits per heavy atom. The van der Waals surface area contributed by atoms with E-state index in [-0.39, 0.29) is 5.95 Å². The van der Waals surface area contributed by atoms with E-state index in [9.17, 15) is 4.79 Å². The monoisotopic (exact) mass is 344 g/mol. The van der Waals surface area contributed by atoms with Crippen LogP contribution in [0, 0.1) is 0 Å². The van der Waals surface area contributed by atoms with Crippen molar-refractivity contribution in [3.8, 4) is 11.5 Å². The van der Waals surface area contributed by atoms with Gasteiger partial charge >= 0.3 is 5.97 Å². The highest BCUT2D eigenvalue weighted by Crippen LogP contribution is 2.28. The average molecular weight is 344 g/mol. The summed E-state index contributed by atoms with van der Waals surface area (Å²) in [7, 11) is 1.48. The van der Waals surface area contributed by atoms with Gasteiger partial charge in [0.05, 0.1) is 13.3 Å². The number of nitrogens with zero attached hydrogens (tertiary/aromatic N) is 5. The number of esters is 1. The Hall–Kier alpha value is -3.27. The van der Waals surface area contributed by atoms with E-state index in [0.717, 1.165) is 4.79 Å². The number of hydrogen-bond donors (Lipinski definition) is 1. The molecule has 2 aromatic heterocycles. The molecule has 2 heterocycles. The highest BCUT2D eigenvalue weighted by Gasteiger charge is 2.13. The number of anilines is 1. The summed E-state index contributed by atoms with van der Waals surface area (Å²) in [4.78, 5) is 13.6. The summed E-state index contributed by atoms with van der Waals surface area (Å²) >= 11 is 1.30. The Bertz CT molecular complexity index is 875. The molecule has 0 saturated heterocycles. The van der Waals surface area contributed by atoms with Gasteiger partial charge in [-0.3, -0.25) is 0 Å². The molecule has 10 heteroatoms. The van der Waals surface area contributed by atoms with Crippen LogP contribution in [0.1, 0.15) is 15.2 Å². The first kappa shape index (κ1) is 15.6. The molecule has 0 atom stereocenters. The minimum Gasteiger partial charge on any atom is -0.493 e. The zero-order chi connectivity index (χ0) is 16.9. The number of rotatable bonds is 5. The Balaban J connectivity index is 1.79. The van der Waals surface area contributed by atoms with Gasteiger partial charge in [0.1, 0.15) is 4.88 Å². The van der Waals surface area contributed by atoms with E-state index in [1.165, 1.54) is 24.7 Å². The van der Waals surface area contributed by atoms with Crippen LogP contribution in [0.3, 0.4) is 0 Å². The molecule has 24 heavy (non-hydrogen) atoms. The van der Waals surface area contributed by atoms with Gasteiger partial charge in [-0.1, -0.05) is 16.0 Å². The third-order valence-corrected chi connectivity index (χ3v) is 3.76. The van der Waals surface area contributed by atoms with Crippen LogP contribution in [-0.4, -0.2) is 39.6 Å². The summed E-state index contributed by atoms with van der Waals surface area (Å²) < 4.78 is 10.6. The van der Waals surface area contributed by atoms with Crippen LogP contribution in [0.15, 0.2) is 40.8 Å². The maximum Gasteiger partial charge on any atom is 0.353 e. The topological polar surface area (TPSA) is 118 Å². The molecule has 0 unspecified atom stereocenters. The zero-order valence-electron chi connectivity index (χ0n) is 12.5. The second kappa shape index (κ2) is 6.87. The van der Waals surface area contributed by atoms with Gasteiger partial charge in [0.25, 0.3) is 5.95 Å². The van der Waals surface area contributed by atoms with E-state index in [4.69, 9.17) is 15.2 Å². The van der Waals surface area contributed by atoms with E-state index >= 15 is 0 Å². The summed E-state index contributed by atoms with van der Waals surface area (Å²) in [6.45, 7) is 0. The molecule has 0 spiro atoms. The van der Waals surface area contributed by atoms with Crippen molar-refractivity contribution in [2.45, 2.75) is 0 Å². The molecule has 0 aliphatic heterocycles. The number of carbonyl (C=O) groups excluding carboxylic acids is 1. The van der Waals surface area contributed by atoms with Crippen molar-refractivity contribution < 1.29 is 14.3 Å². The maximum atomic E-state index is 12.0. The molecule has 0 radical (unpaired) electrons. The molecule has 0 bridgehead atoms. The number of aromatic nitrogens is 4. The number of hydrogen-bond acceptors (Lipinski definition) is 9. The van der Waals surface area contributed by atoms with Crippen molar-refractivity contribution in [2.75, 3.05) is 12.8 Å². The summed E-state index contributed by atoms with van der Waals surface area (Å²) in [5, 5.41) is 16.3. The predicted octanol–water partition coefficient (Wildman–Crippen LogP) is 1.43. The molecule has 2 N–H and O–H groups in total. The molecule has 0 amide bonds. The van der Waals surface area contributed by atoms with Crippen LogP contribution in [0.25, 0.3) is 0 Å². The molecule has 0 aliphatic carbocycles. The van der Waals surface area contributed by atoms with Crippen molar-refractivity contribution in [2.24, 2.45) is 5.10 Å². The summed E-state index contributed by atoms with van der Waals surface area (Å²) in [5.41, 5.74) is 6.21. The van der Waals surface area contributed by atoms with E-state index < -0.39 is 5.97 Å². The lowest BCUT2D eigenvalue weighted by molar-refractivity contribution is 0.0735. The van der Waals surface area contributed by atoms with Gasteiger partial charge in [0.15, 0.2) is 11.5 Å². The number of nitrogens with two attached hydrogens (primary N) is 1. The van der Waals surface area contributed by atoms with Crippen LogP contribution in [-0.2, 0) is 0 Å². The van der Waals surface area contributed by atoms with Crippen molar-refractivity contribution in [1.82, 2.24) is 20.3 Å². The third kappa shape index (κ3) is 3.38. The number of carbonyl (C=O) groups is 1. The number of nitrogen functional groups attached to an aromatic ring is 1. The maximum absolute atomic E-state index is 12.0. The molecule has 0 saturated carbocycles.